The molecule has 0 aromatic heterocycles. The van der Waals surface area contributed by atoms with Crippen LogP contribution in [0.1, 0.15) is 69.1 Å². The number of amides is 1. The van der Waals surface area contributed by atoms with Gasteiger partial charge in [0.05, 0.1) is 6.61 Å². The van der Waals surface area contributed by atoms with E-state index in [4.69, 9.17) is 9.47 Å². The summed E-state index contributed by atoms with van der Waals surface area (Å²) in [4.78, 5) is 12.0. The second-order valence-corrected chi connectivity index (χ2v) is 7.74. The van der Waals surface area contributed by atoms with Crippen LogP contribution in [0, 0.1) is 13.8 Å². The second-order valence-electron chi connectivity index (χ2n) is 7.74. The van der Waals surface area contributed by atoms with Crippen LogP contribution < -0.4 is 10.1 Å². The van der Waals surface area contributed by atoms with E-state index < -0.39 is 6.09 Å². The van der Waals surface area contributed by atoms with Crippen molar-refractivity contribution in [1.82, 2.24) is 0 Å². The van der Waals surface area contributed by atoms with E-state index >= 15 is 0 Å². The predicted octanol–water partition coefficient (Wildman–Crippen LogP) is 7.05. The van der Waals surface area contributed by atoms with Gasteiger partial charge < -0.3 is 14.6 Å². The number of carbonyl (C=O) groups excluding carboxylic acids is 1. The summed E-state index contributed by atoms with van der Waals surface area (Å²) in [5, 5.41) is 12.8. The van der Waals surface area contributed by atoms with Crippen molar-refractivity contribution in [3.63, 3.8) is 0 Å². The Labute approximate surface area is 174 Å². The van der Waals surface area contributed by atoms with E-state index in [0.29, 0.717) is 18.0 Å². The summed E-state index contributed by atoms with van der Waals surface area (Å²) >= 11 is 0. The summed E-state index contributed by atoms with van der Waals surface area (Å²) in [6.07, 6.45) is 3.84. The Balaban J connectivity index is 2.04. The fourth-order valence-electron chi connectivity index (χ4n) is 3.21. The zero-order chi connectivity index (χ0) is 21.4. The quantitative estimate of drug-likeness (QED) is 0.443. The molecule has 2 rings (SSSR count). The highest BCUT2D eigenvalue weighted by Crippen LogP contribution is 2.35. The molecule has 0 fully saturated rings. The van der Waals surface area contributed by atoms with Crippen molar-refractivity contribution in [2.75, 3.05) is 11.9 Å². The Kier molecular flexibility index (Phi) is 8.37. The van der Waals surface area contributed by atoms with Gasteiger partial charge in [-0.25, -0.2) is 4.79 Å². The Morgan fingerprint density at radius 3 is 2.38 bits per heavy atom. The zero-order valence-corrected chi connectivity index (χ0v) is 18.2. The van der Waals surface area contributed by atoms with Crippen LogP contribution in [0.3, 0.4) is 0 Å². The van der Waals surface area contributed by atoms with Crippen LogP contribution in [0.2, 0.25) is 0 Å². The number of rotatable bonds is 9. The maximum atomic E-state index is 12.0. The lowest BCUT2D eigenvalue weighted by molar-refractivity contribution is 0.159. The summed E-state index contributed by atoms with van der Waals surface area (Å²) in [5.74, 6) is 1.88. The molecule has 29 heavy (non-hydrogen) atoms. The molecule has 0 spiro atoms. The van der Waals surface area contributed by atoms with Crippen LogP contribution in [-0.4, -0.2) is 17.8 Å². The van der Waals surface area contributed by atoms with Gasteiger partial charge in [0.2, 0.25) is 0 Å². The van der Waals surface area contributed by atoms with Crippen LogP contribution in [-0.2, 0) is 4.74 Å². The molecule has 2 N–H and O–H groups in total. The standard InChI is InChI=1S/C24H33NO4/c1-6-7-8-9-12-28-24(27)25-19-13-17(4)23(18(5)14-19)29-20-10-11-22(26)21(15-20)16(2)3/h10-11,13-16,26H,6-9,12H2,1-5H3,(H,25,27). The third-order valence-corrected chi connectivity index (χ3v) is 4.78. The van der Waals surface area contributed by atoms with Crippen molar-refractivity contribution < 1.29 is 19.4 Å². The van der Waals surface area contributed by atoms with Crippen molar-refractivity contribution in [1.29, 1.82) is 0 Å². The summed E-state index contributed by atoms with van der Waals surface area (Å²) in [6, 6.07) is 9.00. The molecule has 5 nitrogen and oxygen atoms in total. The lowest BCUT2D eigenvalue weighted by atomic mass is 10.0. The fraction of sp³-hybridized carbons (Fsp3) is 0.458. The first-order chi connectivity index (χ1) is 13.8. The highest BCUT2D eigenvalue weighted by atomic mass is 16.5. The van der Waals surface area contributed by atoms with Crippen molar-refractivity contribution in [3.8, 4) is 17.2 Å². The number of hydrogen-bond donors (Lipinski definition) is 2. The van der Waals surface area contributed by atoms with Gasteiger partial charge in [0, 0.05) is 11.3 Å². The smallest absolute Gasteiger partial charge is 0.411 e. The number of aryl methyl sites for hydroxylation is 2. The molecular weight excluding hydrogens is 366 g/mol. The first-order valence-electron chi connectivity index (χ1n) is 10.4. The monoisotopic (exact) mass is 399 g/mol. The van der Waals surface area contributed by atoms with Gasteiger partial charge in [-0.15, -0.1) is 0 Å². The van der Waals surface area contributed by atoms with Crippen molar-refractivity contribution >= 4 is 11.8 Å². The molecule has 2 aromatic rings. The fourth-order valence-corrected chi connectivity index (χ4v) is 3.21. The van der Waals surface area contributed by atoms with E-state index in [-0.39, 0.29) is 11.7 Å². The molecule has 0 bridgehead atoms. The Bertz CT molecular complexity index is 807. The molecule has 0 atom stereocenters. The Morgan fingerprint density at radius 2 is 1.76 bits per heavy atom. The second kappa shape index (κ2) is 10.7. The molecule has 0 aliphatic heterocycles. The largest absolute Gasteiger partial charge is 0.508 e. The SMILES string of the molecule is CCCCCCOC(=O)Nc1cc(C)c(Oc2ccc(O)c(C(C)C)c2)c(C)c1. The molecule has 0 saturated carbocycles. The maximum absolute atomic E-state index is 12.0. The van der Waals surface area contributed by atoms with Gasteiger partial charge in [-0.05, 0) is 67.6 Å². The van der Waals surface area contributed by atoms with Gasteiger partial charge in [-0.2, -0.15) is 0 Å². The van der Waals surface area contributed by atoms with Crippen molar-refractivity contribution in [2.24, 2.45) is 0 Å². The molecular formula is C24H33NO4. The lowest BCUT2D eigenvalue weighted by Crippen LogP contribution is -2.14. The Morgan fingerprint density at radius 1 is 1.07 bits per heavy atom. The molecule has 0 radical (unpaired) electrons. The lowest BCUT2D eigenvalue weighted by Gasteiger charge is -2.16. The average molecular weight is 400 g/mol. The Hall–Kier alpha value is -2.69. The van der Waals surface area contributed by atoms with Crippen molar-refractivity contribution in [2.45, 2.75) is 66.2 Å². The molecule has 1 amide bonds. The third kappa shape index (κ3) is 6.70. The summed E-state index contributed by atoms with van der Waals surface area (Å²) in [7, 11) is 0. The minimum atomic E-state index is -0.436. The summed E-state index contributed by atoms with van der Waals surface area (Å²) < 4.78 is 11.3. The number of hydrogen-bond acceptors (Lipinski definition) is 4. The number of anilines is 1. The van der Waals surface area contributed by atoms with E-state index in [9.17, 15) is 9.90 Å². The number of phenols is 1. The van der Waals surface area contributed by atoms with Crippen LogP contribution in [0.5, 0.6) is 17.2 Å². The normalized spacial score (nSPS) is 10.8. The van der Waals surface area contributed by atoms with E-state index in [1.54, 1.807) is 12.1 Å². The molecule has 0 heterocycles. The minimum absolute atomic E-state index is 0.195. The number of phenolic OH excluding ortho intramolecular Hbond substituents is 1. The summed E-state index contributed by atoms with van der Waals surface area (Å²) in [6.45, 7) is 10.5. The van der Waals surface area contributed by atoms with Gasteiger partial charge in [0.1, 0.15) is 17.2 Å². The van der Waals surface area contributed by atoms with Crippen LogP contribution in [0.25, 0.3) is 0 Å². The molecule has 158 valence electrons. The third-order valence-electron chi connectivity index (χ3n) is 4.78. The van der Waals surface area contributed by atoms with Gasteiger partial charge in [-0.3, -0.25) is 5.32 Å². The number of carbonyl (C=O) groups is 1. The number of ether oxygens (including phenoxy) is 2. The predicted molar refractivity (Wildman–Crippen MR) is 117 cm³/mol. The first kappa shape index (κ1) is 22.6. The topological polar surface area (TPSA) is 67.8 Å². The zero-order valence-electron chi connectivity index (χ0n) is 18.2. The molecule has 2 aromatic carbocycles. The highest BCUT2D eigenvalue weighted by molar-refractivity contribution is 5.85. The molecule has 0 saturated heterocycles. The van der Waals surface area contributed by atoms with E-state index in [2.05, 4.69) is 12.2 Å². The van der Waals surface area contributed by atoms with Gasteiger partial charge >= 0.3 is 6.09 Å². The minimum Gasteiger partial charge on any atom is -0.508 e. The first-order valence-corrected chi connectivity index (χ1v) is 10.4. The average Bonchev–Trinajstić information content (AvgIpc) is 2.65. The number of unbranched alkanes of at least 4 members (excludes halogenated alkanes) is 3. The highest BCUT2D eigenvalue weighted by Gasteiger charge is 2.13. The number of aromatic hydroxyl groups is 1. The van der Waals surface area contributed by atoms with E-state index in [1.165, 1.54) is 0 Å². The van der Waals surface area contributed by atoms with Gasteiger partial charge in [0.25, 0.3) is 0 Å². The number of benzene rings is 2. The molecule has 0 aliphatic carbocycles. The van der Waals surface area contributed by atoms with Crippen LogP contribution >= 0.6 is 0 Å². The molecule has 0 unspecified atom stereocenters. The van der Waals surface area contributed by atoms with E-state index in [1.807, 2.05) is 45.9 Å². The van der Waals surface area contributed by atoms with E-state index in [0.717, 1.165) is 48.1 Å². The molecule has 5 heteroatoms. The van der Waals surface area contributed by atoms with Gasteiger partial charge in [-0.1, -0.05) is 40.0 Å². The number of nitrogens with one attached hydrogen (secondary N) is 1. The van der Waals surface area contributed by atoms with Crippen LogP contribution in [0.4, 0.5) is 10.5 Å². The van der Waals surface area contributed by atoms with Crippen LogP contribution in [0.15, 0.2) is 30.3 Å². The maximum Gasteiger partial charge on any atom is 0.411 e. The summed E-state index contributed by atoms with van der Waals surface area (Å²) in [5.41, 5.74) is 3.34. The molecule has 0 aliphatic rings. The van der Waals surface area contributed by atoms with Crippen molar-refractivity contribution in [3.05, 3.63) is 47.0 Å². The van der Waals surface area contributed by atoms with Gasteiger partial charge in [0.15, 0.2) is 0 Å².